The number of carbonyl (C=O) groups excluding carboxylic acids is 1. The Labute approximate surface area is 179 Å². The minimum Gasteiger partial charge on any atom is -0.431 e. The van der Waals surface area contributed by atoms with Gasteiger partial charge in [-0.3, -0.25) is 4.79 Å². The maximum atomic E-state index is 11.9. The van der Waals surface area contributed by atoms with E-state index in [1.807, 2.05) is 0 Å². The van der Waals surface area contributed by atoms with Crippen LogP contribution in [0.2, 0.25) is 0 Å². The normalized spacial score (nSPS) is 45.1. The molecule has 3 aliphatic carbocycles. The van der Waals surface area contributed by atoms with E-state index in [1.54, 1.807) is 0 Å². The van der Waals surface area contributed by atoms with Crippen molar-refractivity contribution in [3.8, 4) is 0 Å². The van der Waals surface area contributed by atoms with Crippen LogP contribution in [0.3, 0.4) is 0 Å². The third-order valence-electron chi connectivity index (χ3n) is 10.0. The lowest BCUT2D eigenvalue weighted by Gasteiger charge is -2.58. The van der Waals surface area contributed by atoms with Gasteiger partial charge in [-0.15, -0.1) is 0 Å². The minimum absolute atomic E-state index is 0.0174. The second kappa shape index (κ2) is 7.72. The molecule has 1 heterocycles. The number of hydrogen-bond donors (Lipinski definition) is 0. The van der Waals surface area contributed by atoms with Crippen LogP contribution in [-0.4, -0.2) is 5.97 Å². The molecule has 0 amide bonds. The van der Waals surface area contributed by atoms with Gasteiger partial charge < -0.3 is 4.74 Å². The van der Waals surface area contributed by atoms with E-state index in [0.29, 0.717) is 23.7 Å². The molecule has 164 valence electrons. The number of hydrogen-bond acceptors (Lipinski definition) is 2. The van der Waals surface area contributed by atoms with E-state index < -0.39 is 0 Å². The average molecular weight is 401 g/mol. The molecule has 0 aromatic rings. The SMILES string of the molecule is CC(C)CCC[C@@H](C)[C@H]1CC[C@H]2[C@@H]3[C@@H](C)C=C4OC(=O)CC[C@]4(C)[C@H]3CC[C@]12C. The molecule has 0 spiro atoms. The molecule has 0 N–H and O–H groups in total. The van der Waals surface area contributed by atoms with E-state index in [9.17, 15) is 4.79 Å². The van der Waals surface area contributed by atoms with Crippen LogP contribution in [0.4, 0.5) is 0 Å². The quantitative estimate of drug-likeness (QED) is 0.450. The average Bonchev–Trinajstić information content (AvgIpc) is 3.00. The van der Waals surface area contributed by atoms with Crippen LogP contribution in [0.25, 0.3) is 0 Å². The van der Waals surface area contributed by atoms with Crippen molar-refractivity contribution in [3.63, 3.8) is 0 Å². The number of esters is 1. The summed E-state index contributed by atoms with van der Waals surface area (Å²) in [5.41, 5.74) is 0.604. The van der Waals surface area contributed by atoms with E-state index >= 15 is 0 Å². The highest BCUT2D eigenvalue weighted by molar-refractivity contribution is 5.72. The molecule has 2 saturated carbocycles. The third kappa shape index (κ3) is 3.51. The molecule has 8 atom stereocenters. The van der Waals surface area contributed by atoms with E-state index in [4.69, 9.17) is 4.74 Å². The third-order valence-corrected chi connectivity index (χ3v) is 10.0. The summed E-state index contributed by atoms with van der Waals surface area (Å²) in [6.45, 7) is 14.7. The van der Waals surface area contributed by atoms with Crippen molar-refractivity contribution >= 4 is 5.97 Å². The van der Waals surface area contributed by atoms with Crippen LogP contribution in [-0.2, 0) is 9.53 Å². The van der Waals surface area contributed by atoms with Crippen LogP contribution >= 0.6 is 0 Å². The van der Waals surface area contributed by atoms with Crippen LogP contribution in [0.1, 0.15) is 99.3 Å². The van der Waals surface area contributed by atoms with Crippen molar-refractivity contribution < 1.29 is 9.53 Å². The molecule has 0 aromatic carbocycles. The summed E-state index contributed by atoms with van der Waals surface area (Å²) in [6.07, 6.45) is 13.7. The van der Waals surface area contributed by atoms with Crippen molar-refractivity contribution in [3.05, 3.63) is 11.8 Å². The summed E-state index contributed by atoms with van der Waals surface area (Å²) in [4.78, 5) is 11.9. The van der Waals surface area contributed by atoms with Gasteiger partial charge >= 0.3 is 5.97 Å². The fourth-order valence-corrected chi connectivity index (χ4v) is 8.41. The zero-order valence-corrected chi connectivity index (χ0v) is 19.8. The van der Waals surface area contributed by atoms with Crippen LogP contribution in [0.15, 0.2) is 11.8 Å². The Morgan fingerprint density at radius 1 is 1.07 bits per heavy atom. The Bertz CT molecular complexity index is 663. The predicted molar refractivity (Wildman–Crippen MR) is 119 cm³/mol. The van der Waals surface area contributed by atoms with Gasteiger partial charge in [-0.2, -0.15) is 0 Å². The van der Waals surface area contributed by atoms with Gasteiger partial charge in [0.25, 0.3) is 0 Å². The second-order valence-corrected chi connectivity index (χ2v) is 12.1. The van der Waals surface area contributed by atoms with Gasteiger partial charge in [0.1, 0.15) is 5.76 Å². The Balaban J connectivity index is 1.54. The lowest BCUT2D eigenvalue weighted by molar-refractivity contribution is -0.153. The van der Waals surface area contributed by atoms with E-state index in [-0.39, 0.29) is 11.4 Å². The topological polar surface area (TPSA) is 26.3 Å². The standard InChI is InChI=1S/C27H44O2/c1-17(2)8-7-9-18(3)20-10-11-21-25-19(4)16-23-27(6,15-13-24(28)29-23)22(25)12-14-26(20,21)5/h16-22,25H,7-15H2,1-6H3/t18-,19+,20-,21+,22+,25+,26-,27-/m1/s1. The number of rotatable bonds is 5. The Hall–Kier alpha value is -0.790. The molecule has 1 aliphatic heterocycles. The van der Waals surface area contributed by atoms with Crippen LogP contribution < -0.4 is 0 Å². The lowest BCUT2D eigenvalue weighted by Crippen LogP contribution is -2.53. The Morgan fingerprint density at radius 2 is 1.83 bits per heavy atom. The molecule has 2 nitrogen and oxygen atoms in total. The molecule has 0 radical (unpaired) electrons. The van der Waals surface area contributed by atoms with Gasteiger partial charge in [0.2, 0.25) is 0 Å². The van der Waals surface area contributed by atoms with Crippen LogP contribution in [0, 0.1) is 52.3 Å². The summed E-state index contributed by atoms with van der Waals surface area (Å²) < 4.78 is 5.79. The molecular formula is C27H44O2. The fourth-order valence-electron chi connectivity index (χ4n) is 8.41. The molecular weight excluding hydrogens is 356 g/mol. The van der Waals surface area contributed by atoms with Gasteiger partial charge in [0.05, 0.1) is 0 Å². The number of ether oxygens (including phenoxy) is 1. The molecule has 0 unspecified atom stereocenters. The molecule has 3 fully saturated rings. The molecule has 1 saturated heterocycles. The molecule has 4 rings (SSSR count). The number of carbonyl (C=O) groups is 1. The maximum absolute atomic E-state index is 11.9. The predicted octanol–water partition coefficient (Wildman–Crippen LogP) is 7.38. The zero-order chi connectivity index (χ0) is 21.0. The van der Waals surface area contributed by atoms with E-state index in [1.165, 1.54) is 44.9 Å². The van der Waals surface area contributed by atoms with E-state index in [0.717, 1.165) is 41.8 Å². The van der Waals surface area contributed by atoms with Gasteiger partial charge in [-0.25, -0.2) is 0 Å². The summed E-state index contributed by atoms with van der Waals surface area (Å²) in [5, 5.41) is 0. The minimum atomic E-state index is -0.0174. The molecule has 2 heteroatoms. The van der Waals surface area contributed by atoms with Crippen molar-refractivity contribution in [2.24, 2.45) is 52.3 Å². The van der Waals surface area contributed by atoms with Gasteiger partial charge in [-0.05, 0) is 85.0 Å². The summed E-state index contributed by atoms with van der Waals surface area (Å²) in [7, 11) is 0. The van der Waals surface area contributed by atoms with Crippen molar-refractivity contribution in [2.75, 3.05) is 0 Å². The first-order valence-corrected chi connectivity index (χ1v) is 12.6. The van der Waals surface area contributed by atoms with Gasteiger partial charge in [0, 0.05) is 11.8 Å². The largest absolute Gasteiger partial charge is 0.431 e. The monoisotopic (exact) mass is 400 g/mol. The van der Waals surface area contributed by atoms with Crippen molar-refractivity contribution in [2.45, 2.75) is 99.3 Å². The highest BCUT2D eigenvalue weighted by Crippen LogP contribution is 2.67. The molecule has 0 bridgehead atoms. The highest BCUT2D eigenvalue weighted by atomic mass is 16.5. The van der Waals surface area contributed by atoms with E-state index in [2.05, 4.69) is 47.6 Å². The maximum Gasteiger partial charge on any atom is 0.310 e. The molecule has 29 heavy (non-hydrogen) atoms. The highest BCUT2D eigenvalue weighted by Gasteiger charge is 2.61. The van der Waals surface area contributed by atoms with Crippen LogP contribution in [0.5, 0.6) is 0 Å². The van der Waals surface area contributed by atoms with Gasteiger partial charge in [-0.1, -0.05) is 60.8 Å². The Kier molecular flexibility index (Phi) is 5.71. The first-order chi connectivity index (χ1) is 13.7. The molecule has 0 aromatic heterocycles. The fraction of sp³-hybridized carbons (Fsp3) is 0.889. The zero-order valence-electron chi connectivity index (χ0n) is 19.8. The summed E-state index contributed by atoms with van der Waals surface area (Å²) >= 11 is 0. The Morgan fingerprint density at radius 3 is 2.55 bits per heavy atom. The number of allylic oxidation sites excluding steroid dienone is 2. The summed E-state index contributed by atoms with van der Waals surface area (Å²) in [6, 6.07) is 0. The molecule has 4 aliphatic rings. The van der Waals surface area contributed by atoms with Gasteiger partial charge in [0.15, 0.2) is 0 Å². The smallest absolute Gasteiger partial charge is 0.310 e. The summed E-state index contributed by atoms with van der Waals surface area (Å²) in [5.74, 6) is 6.44. The first-order valence-electron chi connectivity index (χ1n) is 12.6. The van der Waals surface area contributed by atoms with Crippen molar-refractivity contribution in [1.29, 1.82) is 0 Å². The first kappa shape index (κ1) is 21.4. The lowest BCUT2D eigenvalue weighted by atomic mass is 9.47. The number of fused-ring (bicyclic) bond motifs is 5. The van der Waals surface area contributed by atoms with Crippen molar-refractivity contribution in [1.82, 2.24) is 0 Å². The second-order valence-electron chi connectivity index (χ2n) is 12.1.